The first-order valence-corrected chi connectivity index (χ1v) is 9.49. The Labute approximate surface area is 144 Å². The molecule has 1 saturated heterocycles. The van der Waals surface area contributed by atoms with Crippen LogP contribution in [-0.2, 0) is 14.8 Å². The molecule has 0 radical (unpaired) electrons. The van der Waals surface area contributed by atoms with Gasteiger partial charge in [-0.1, -0.05) is 0 Å². The van der Waals surface area contributed by atoms with Crippen molar-refractivity contribution >= 4 is 10.0 Å². The van der Waals surface area contributed by atoms with Crippen LogP contribution in [0.5, 0.6) is 11.5 Å². The van der Waals surface area contributed by atoms with Gasteiger partial charge in [-0.2, -0.15) is 4.31 Å². The van der Waals surface area contributed by atoms with Crippen LogP contribution in [-0.4, -0.2) is 77.8 Å². The smallest absolute Gasteiger partial charge is 0.243 e. The fourth-order valence-corrected chi connectivity index (χ4v) is 4.10. The van der Waals surface area contributed by atoms with Gasteiger partial charge in [0, 0.05) is 45.4 Å². The van der Waals surface area contributed by atoms with Crippen LogP contribution in [0.25, 0.3) is 0 Å². The summed E-state index contributed by atoms with van der Waals surface area (Å²) in [6.07, 6.45) is 0. The van der Waals surface area contributed by atoms with E-state index in [0.29, 0.717) is 50.9 Å². The summed E-state index contributed by atoms with van der Waals surface area (Å²) < 4.78 is 42.8. The topological polar surface area (TPSA) is 68.3 Å². The van der Waals surface area contributed by atoms with Gasteiger partial charge in [-0.25, -0.2) is 8.42 Å². The zero-order chi connectivity index (χ0) is 17.6. The van der Waals surface area contributed by atoms with Crippen molar-refractivity contribution in [1.29, 1.82) is 0 Å². The normalized spacial score (nSPS) is 17.0. The molecule has 0 amide bonds. The summed E-state index contributed by atoms with van der Waals surface area (Å²) in [6.45, 7) is 6.54. The molecule has 0 unspecified atom stereocenters. The second kappa shape index (κ2) is 8.66. The maximum Gasteiger partial charge on any atom is 0.243 e. The van der Waals surface area contributed by atoms with E-state index in [0.717, 1.165) is 6.54 Å². The van der Waals surface area contributed by atoms with Crippen molar-refractivity contribution in [2.45, 2.75) is 11.8 Å². The highest BCUT2D eigenvalue weighted by Crippen LogP contribution is 2.30. The molecule has 0 atom stereocenters. The molecule has 24 heavy (non-hydrogen) atoms. The Morgan fingerprint density at radius 3 is 2.29 bits per heavy atom. The Morgan fingerprint density at radius 2 is 1.71 bits per heavy atom. The number of hydrogen-bond acceptors (Lipinski definition) is 6. The van der Waals surface area contributed by atoms with E-state index in [1.807, 2.05) is 6.92 Å². The molecule has 7 nitrogen and oxygen atoms in total. The first kappa shape index (κ1) is 19.0. The number of rotatable bonds is 8. The van der Waals surface area contributed by atoms with E-state index in [1.165, 1.54) is 24.6 Å². The summed E-state index contributed by atoms with van der Waals surface area (Å²) in [7, 11) is -0.516. The molecule has 1 aromatic carbocycles. The molecule has 2 rings (SSSR count). The van der Waals surface area contributed by atoms with Crippen LogP contribution < -0.4 is 9.47 Å². The molecule has 1 fully saturated rings. The van der Waals surface area contributed by atoms with Gasteiger partial charge in [-0.3, -0.25) is 4.90 Å². The van der Waals surface area contributed by atoms with E-state index >= 15 is 0 Å². The van der Waals surface area contributed by atoms with Gasteiger partial charge < -0.3 is 14.2 Å². The van der Waals surface area contributed by atoms with E-state index < -0.39 is 10.0 Å². The van der Waals surface area contributed by atoms with Crippen molar-refractivity contribution in [2.75, 3.05) is 60.2 Å². The maximum atomic E-state index is 12.8. The van der Waals surface area contributed by atoms with Crippen molar-refractivity contribution in [1.82, 2.24) is 9.21 Å². The van der Waals surface area contributed by atoms with Crippen LogP contribution in [0.15, 0.2) is 23.1 Å². The van der Waals surface area contributed by atoms with Crippen LogP contribution in [0.3, 0.4) is 0 Å². The van der Waals surface area contributed by atoms with Crippen molar-refractivity contribution in [3.8, 4) is 11.5 Å². The SMILES string of the molecule is CCOCCN1CCN(S(=O)(=O)c2ccc(OC)c(OC)c2)CC1. The summed E-state index contributed by atoms with van der Waals surface area (Å²) in [5.41, 5.74) is 0. The highest BCUT2D eigenvalue weighted by molar-refractivity contribution is 7.89. The molecule has 1 aliphatic rings. The third-order valence-electron chi connectivity index (χ3n) is 4.08. The standard InChI is InChI=1S/C16H26N2O5S/c1-4-23-12-11-17-7-9-18(10-8-17)24(19,20)14-5-6-15(21-2)16(13-14)22-3/h5-6,13H,4,7-12H2,1-3H3. The Morgan fingerprint density at radius 1 is 1.04 bits per heavy atom. The molecule has 0 aliphatic carbocycles. The number of piperazine rings is 1. The fourth-order valence-electron chi connectivity index (χ4n) is 2.66. The predicted molar refractivity (Wildman–Crippen MR) is 91.2 cm³/mol. The Balaban J connectivity index is 2.04. The lowest BCUT2D eigenvalue weighted by Crippen LogP contribution is -2.49. The van der Waals surface area contributed by atoms with Gasteiger partial charge in [0.1, 0.15) is 0 Å². The van der Waals surface area contributed by atoms with Gasteiger partial charge in [0.25, 0.3) is 0 Å². The molecule has 0 N–H and O–H groups in total. The molecule has 1 aromatic rings. The minimum atomic E-state index is -3.53. The van der Waals surface area contributed by atoms with Gasteiger partial charge in [-0.15, -0.1) is 0 Å². The number of hydrogen-bond donors (Lipinski definition) is 0. The molecule has 0 aromatic heterocycles. The number of benzene rings is 1. The Bertz CT molecular complexity index is 627. The lowest BCUT2D eigenvalue weighted by atomic mass is 10.3. The predicted octanol–water partition coefficient (Wildman–Crippen LogP) is 1.05. The molecule has 0 saturated carbocycles. The van der Waals surface area contributed by atoms with Crippen LogP contribution in [0, 0.1) is 0 Å². The highest BCUT2D eigenvalue weighted by atomic mass is 32.2. The van der Waals surface area contributed by atoms with Crippen molar-refractivity contribution in [2.24, 2.45) is 0 Å². The van der Waals surface area contributed by atoms with E-state index in [2.05, 4.69) is 4.90 Å². The van der Waals surface area contributed by atoms with E-state index in [9.17, 15) is 8.42 Å². The highest BCUT2D eigenvalue weighted by Gasteiger charge is 2.29. The second-order valence-electron chi connectivity index (χ2n) is 5.46. The molecule has 1 heterocycles. The Kier molecular flexibility index (Phi) is 6.85. The average molecular weight is 358 g/mol. The van der Waals surface area contributed by atoms with E-state index in [1.54, 1.807) is 12.1 Å². The minimum Gasteiger partial charge on any atom is -0.493 e. The third kappa shape index (κ3) is 4.38. The van der Waals surface area contributed by atoms with Gasteiger partial charge in [0.05, 0.1) is 25.7 Å². The molecule has 136 valence electrons. The summed E-state index contributed by atoms with van der Waals surface area (Å²) in [5.74, 6) is 0.922. The third-order valence-corrected chi connectivity index (χ3v) is 5.97. The van der Waals surface area contributed by atoms with Crippen molar-refractivity contribution in [3.63, 3.8) is 0 Å². The number of sulfonamides is 1. The van der Waals surface area contributed by atoms with Gasteiger partial charge in [0.2, 0.25) is 10.0 Å². The maximum absolute atomic E-state index is 12.8. The average Bonchev–Trinajstić information content (AvgIpc) is 2.61. The van der Waals surface area contributed by atoms with Crippen LogP contribution in [0.2, 0.25) is 0 Å². The summed E-state index contributed by atoms with van der Waals surface area (Å²) in [6, 6.07) is 4.68. The number of ether oxygens (including phenoxy) is 3. The van der Waals surface area contributed by atoms with E-state index in [4.69, 9.17) is 14.2 Å². The second-order valence-corrected chi connectivity index (χ2v) is 7.40. The molecular formula is C16H26N2O5S. The molecule has 0 bridgehead atoms. The van der Waals surface area contributed by atoms with Gasteiger partial charge >= 0.3 is 0 Å². The summed E-state index contributed by atoms with van der Waals surface area (Å²) in [5, 5.41) is 0. The number of methoxy groups -OCH3 is 2. The largest absolute Gasteiger partial charge is 0.493 e. The van der Waals surface area contributed by atoms with Crippen LogP contribution >= 0.6 is 0 Å². The fraction of sp³-hybridized carbons (Fsp3) is 0.625. The monoisotopic (exact) mass is 358 g/mol. The van der Waals surface area contributed by atoms with Crippen LogP contribution in [0.1, 0.15) is 6.92 Å². The van der Waals surface area contributed by atoms with E-state index in [-0.39, 0.29) is 4.90 Å². The molecule has 1 aliphatic heterocycles. The van der Waals surface area contributed by atoms with Crippen LogP contribution in [0.4, 0.5) is 0 Å². The number of nitrogens with zero attached hydrogens (tertiary/aromatic N) is 2. The zero-order valence-electron chi connectivity index (χ0n) is 14.5. The lowest BCUT2D eigenvalue weighted by Gasteiger charge is -2.33. The lowest BCUT2D eigenvalue weighted by molar-refractivity contribution is 0.0979. The first-order chi connectivity index (χ1) is 11.5. The summed E-state index contributed by atoms with van der Waals surface area (Å²) in [4.78, 5) is 2.44. The Hall–Kier alpha value is -1.35. The molecule has 8 heteroatoms. The van der Waals surface area contributed by atoms with Crippen molar-refractivity contribution < 1.29 is 22.6 Å². The molecular weight excluding hydrogens is 332 g/mol. The minimum absolute atomic E-state index is 0.225. The van der Waals surface area contributed by atoms with Gasteiger partial charge in [0.15, 0.2) is 11.5 Å². The quantitative estimate of drug-likeness (QED) is 0.647. The van der Waals surface area contributed by atoms with Gasteiger partial charge in [-0.05, 0) is 19.1 Å². The molecule has 0 spiro atoms. The zero-order valence-corrected chi connectivity index (χ0v) is 15.3. The first-order valence-electron chi connectivity index (χ1n) is 8.05. The van der Waals surface area contributed by atoms with Crippen molar-refractivity contribution in [3.05, 3.63) is 18.2 Å². The summed E-state index contributed by atoms with van der Waals surface area (Å²) >= 11 is 0.